The molecular formula is C14H10Cl2O3. The average Bonchev–Trinajstić information content (AvgIpc) is 2.26. The summed E-state index contributed by atoms with van der Waals surface area (Å²) >= 11 is 11.7. The third-order valence-electron chi connectivity index (χ3n) is 2.50. The topological polar surface area (TPSA) is 46.5 Å². The molecule has 98 valence electrons. The average molecular weight is 297 g/mol. The zero-order valence-corrected chi connectivity index (χ0v) is 11.5. The number of carboxylic acid groups (broad SMARTS) is 1. The lowest BCUT2D eigenvalue weighted by Gasteiger charge is -2.08. The standard InChI is InChI=1S/C14H10Cl2O3/c1-8-4-11(2-3-13(8)14(17)18)19-12-6-9(15)5-10(16)7-12/h2-7H,1H3,(H,17,18). The molecule has 0 amide bonds. The van der Waals surface area contributed by atoms with Crippen molar-refractivity contribution in [2.45, 2.75) is 6.92 Å². The van der Waals surface area contributed by atoms with Crippen LogP contribution in [0.5, 0.6) is 11.5 Å². The Balaban J connectivity index is 2.28. The van der Waals surface area contributed by atoms with Gasteiger partial charge in [0.05, 0.1) is 5.56 Å². The van der Waals surface area contributed by atoms with Crippen LogP contribution in [0.4, 0.5) is 0 Å². The molecule has 0 spiro atoms. The fourth-order valence-electron chi connectivity index (χ4n) is 1.66. The van der Waals surface area contributed by atoms with E-state index in [0.717, 1.165) is 0 Å². The van der Waals surface area contributed by atoms with Crippen LogP contribution in [0.1, 0.15) is 15.9 Å². The molecule has 0 saturated carbocycles. The van der Waals surface area contributed by atoms with Crippen molar-refractivity contribution in [3.05, 3.63) is 57.6 Å². The molecule has 5 heteroatoms. The van der Waals surface area contributed by atoms with Crippen molar-refractivity contribution in [1.82, 2.24) is 0 Å². The zero-order chi connectivity index (χ0) is 14.0. The van der Waals surface area contributed by atoms with Crippen molar-refractivity contribution in [1.29, 1.82) is 0 Å². The Morgan fingerprint density at radius 2 is 1.68 bits per heavy atom. The number of ether oxygens (including phenoxy) is 1. The number of benzene rings is 2. The minimum atomic E-state index is -0.963. The first-order valence-corrected chi connectivity index (χ1v) is 6.19. The van der Waals surface area contributed by atoms with Gasteiger partial charge in [-0.05, 0) is 48.9 Å². The molecule has 0 aliphatic rings. The lowest BCUT2D eigenvalue weighted by molar-refractivity contribution is 0.0696. The number of carboxylic acids is 1. The van der Waals surface area contributed by atoms with Crippen LogP contribution in [0, 0.1) is 6.92 Å². The first kappa shape index (κ1) is 13.7. The SMILES string of the molecule is Cc1cc(Oc2cc(Cl)cc(Cl)c2)ccc1C(=O)O. The van der Waals surface area contributed by atoms with Gasteiger partial charge in [-0.25, -0.2) is 4.79 Å². The molecule has 0 aromatic heterocycles. The molecule has 0 fully saturated rings. The molecule has 0 heterocycles. The fourth-order valence-corrected chi connectivity index (χ4v) is 2.17. The van der Waals surface area contributed by atoms with Gasteiger partial charge in [-0.15, -0.1) is 0 Å². The molecule has 2 rings (SSSR count). The zero-order valence-electron chi connectivity index (χ0n) is 9.98. The third kappa shape index (κ3) is 3.40. The van der Waals surface area contributed by atoms with E-state index in [4.69, 9.17) is 33.0 Å². The van der Waals surface area contributed by atoms with E-state index >= 15 is 0 Å². The molecule has 2 aromatic rings. The number of halogens is 2. The normalized spacial score (nSPS) is 10.3. The maximum atomic E-state index is 10.9. The summed E-state index contributed by atoms with van der Waals surface area (Å²) in [6.45, 7) is 1.71. The molecule has 19 heavy (non-hydrogen) atoms. The van der Waals surface area contributed by atoms with E-state index in [9.17, 15) is 4.79 Å². The van der Waals surface area contributed by atoms with Gasteiger partial charge in [0.1, 0.15) is 11.5 Å². The van der Waals surface area contributed by atoms with Gasteiger partial charge in [-0.2, -0.15) is 0 Å². The first-order chi connectivity index (χ1) is 8.95. The van der Waals surface area contributed by atoms with Crippen LogP contribution in [-0.4, -0.2) is 11.1 Å². The van der Waals surface area contributed by atoms with Crippen molar-refractivity contribution in [3.8, 4) is 11.5 Å². The van der Waals surface area contributed by atoms with E-state index in [2.05, 4.69) is 0 Å². The highest BCUT2D eigenvalue weighted by molar-refractivity contribution is 6.34. The van der Waals surface area contributed by atoms with Gasteiger partial charge in [0, 0.05) is 10.0 Å². The molecule has 3 nitrogen and oxygen atoms in total. The molecule has 0 bridgehead atoms. The summed E-state index contributed by atoms with van der Waals surface area (Å²) in [7, 11) is 0. The predicted octanol–water partition coefficient (Wildman–Crippen LogP) is 4.79. The molecule has 0 saturated heterocycles. The van der Waals surface area contributed by atoms with E-state index in [-0.39, 0.29) is 5.56 Å². The Hall–Kier alpha value is -1.71. The molecule has 0 aliphatic heterocycles. The second-order valence-corrected chi connectivity index (χ2v) is 4.86. The molecule has 2 aromatic carbocycles. The van der Waals surface area contributed by atoms with E-state index in [0.29, 0.717) is 27.1 Å². The van der Waals surface area contributed by atoms with Crippen LogP contribution < -0.4 is 4.74 Å². The number of rotatable bonds is 3. The second kappa shape index (κ2) is 5.51. The van der Waals surface area contributed by atoms with Gasteiger partial charge < -0.3 is 9.84 Å². The van der Waals surface area contributed by atoms with E-state index in [1.54, 1.807) is 37.3 Å². The summed E-state index contributed by atoms with van der Waals surface area (Å²) in [5.74, 6) is 0.0654. The van der Waals surface area contributed by atoms with E-state index in [1.165, 1.54) is 6.07 Å². The van der Waals surface area contributed by atoms with Crippen molar-refractivity contribution in [3.63, 3.8) is 0 Å². The third-order valence-corrected chi connectivity index (χ3v) is 2.94. The van der Waals surface area contributed by atoms with E-state index < -0.39 is 5.97 Å². The Morgan fingerprint density at radius 3 is 2.21 bits per heavy atom. The quantitative estimate of drug-likeness (QED) is 0.885. The lowest BCUT2D eigenvalue weighted by Crippen LogP contribution is -1.99. The van der Waals surface area contributed by atoms with Crippen LogP contribution >= 0.6 is 23.2 Å². The van der Waals surface area contributed by atoms with Crippen molar-refractivity contribution >= 4 is 29.2 Å². The minimum absolute atomic E-state index is 0.247. The number of hydrogen-bond donors (Lipinski definition) is 1. The second-order valence-electron chi connectivity index (χ2n) is 3.99. The summed E-state index contributed by atoms with van der Waals surface area (Å²) in [4.78, 5) is 10.9. The highest BCUT2D eigenvalue weighted by Crippen LogP contribution is 2.29. The lowest BCUT2D eigenvalue weighted by atomic mass is 10.1. The molecule has 0 atom stereocenters. The summed E-state index contributed by atoms with van der Waals surface area (Å²) in [5, 5.41) is 9.89. The Labute approximate surface area is 120 Å². The van der Waals surface area contributed by atoms with Gasteiger partial charge in [0.15, 0.2) is 0 Å². The summed E-state index contributed by atoms with van der Waals surface area (Å²) in [6, 6.07) is 9.61. The van der Waals surface area contributed by atoms with Gasteiger partial charge >= 0.3 is 5.97 Å². The molecule has 0 radical (unpaired) electrons. The molecular weight excluding hydrogens is 287 g/mol. The van der Waals surface area contributed by atoms with Gasteiger partial charge in [0.2, 0.25) is 0 Å². The highest BCUT2D eigenvalue weighted by atomic mass is 35.5. The maximum absolute atomic E-state index is 10.9. The summed E-state index contributed by atoms with van der Waals surface area (Å²) < 4.78 is 5.59. The van der Waals surface area contributed by atoms with Crippen LogP contribution in [0.15, 0.2) is 36.4 Å². The van der Waals surface area contributed by atoms with Crippen LogP contribution in [0.2, 0.25) is 10.0 Å². The van der Waals surface area contributed by atoms with Crippen LogP contribution in [0.3, 0.4) is 0 Å². The summed E-state index contributed by atoms with van der Waals surface area (Å²) in [5.41, 5.74) is 0.870. The number of aromatic carboxylic acids is 1. The van der Waals surface area contributed by atoms with Gasteiger partial charge in [0.25, 0.3) is 0 Å². The number of aryl methyl sites for hydroxylation is 1. The Bertz CT molecular complexity index is 618. The number of hydrogen-bond acceptors (Lipinski definition) is 2. The van der Waals surface area contributed by atoms with Crippen molar-refractivity contribution in [2.75, 3.05) is 0 Å². The van der Waals surface area contributed by atoms with Crippen molar-refractivity contribution in [2.24, 2.45) is 0 Å². The molecule has 0 unspecified atom stereocenters. The predicted molar refractivity (Wildman–Crippen MR) is 74.7 cm³/mol. The van der Waals surface area contributed by atoms with Crippen LogP contribution in [-0.2, 0) is 0 Å². The van der Waals surface area contributed by atoms with Crippen LogP contribution in [0.25, 0.3) is 0 Å². The first-order valence-electron chi connectivity index (χ1n) is 5.43. The minimum Gasteiger partial charge on any atom is -0.478 e. The fraction of sp³-hybridized carbons (Fsp3) is 0.0714. The van der Waals surface area contributed by atoms with E-state index in [1.807, 2.05) is 0 Å². The molecule has 1 N–H and O–H groups in total. The Morgan fingerprint density at radius 1 is 1.05 bits per heavy atom. The monoisotopic (exact) mass is 296 g/mol. The molecule has 0 aliphatic carbocycles. The van der Waals surface area contributed by atoms with Gasteiger partial charge in [-0.3, -0.25) is 0 Å². The van der Waals surface area contributed by atoms with Gasteiger partial charge in [-0.1, -0.05) is 23.2 Å². The largest absolute Gasteiger partial charge is 0.478 e. The number of carbonyl (C=O) groups is 1. The maximum Gasteiger partial charge on any atom is 0.335 e. The highest BCUT2D eigenvalue weighted by Gasteiger charge is 2.08. The van der Waals surface area contributed by atoms with Crippen molar-refractivity contribution < 1.29 is 14.6 Å². The smallest absolute Gasteiger partial charge is 0.335 e. The Kier molecular flexibility index (Phi) is 3.98. The summed E-state index contributed by atoms with van der Waals surface area (Å²) in [6.07, 6.45) is 0.